The van der Waals surface area contributed by atoms with Crippen LogP contribution in [0.3, 0.4) is 0 Å². The number of ether oxygens (including phenoxy) is 1. The second-order valence-electron chi connectivity index (χ2n) is 9.21. The number of benzene rings is 1. The lowest BCUT2D eigenvalue weighted by molar-refractivity contribution is -0.116. The lowest BCUT2D eigenvalue weighted by Crippen LogP contribution is -2.43. The molecule has 0 amide bonds. The predicted molar refractivity (Wildman–Crippen MR) is 125 cm³/mol. The quantitative estimate of drug-likeness (QED) is 0.529. The molecule has 2 N–H and O–H groups in total. The highest BCUT2D eigenvalue weighted by Crippen LogP contribution is 2.43. The van der Waals surface area contributed by atoms with Gasteiger partial charge in [0.1, 0.15) is 17.5 Å². The SMILES string of the molecule is C#C[C@@H](Nc1ccnc2c1cc(C1(O)CC3CCC(C1)O3)c(=O)n2C)c1cccc(C(F)F)c1F. The molecule has 2 unspecified atom stereocenters. The maximum Gasteiger partial charge on any atom is 0.266 e. The highest BCUT2D eigenvalue weighted by molar-refractivity contribution is 5.90. The molecule has 4 heterocycles. The summed E-state index contributed by atoms with van der Waals surface area (Å²) >= 11 is 0. The van der Waals surface area contributed by atoms with E-state index in [1.54, 1.807) is 19.2 Å². The molecule has 182 valence electrons. The number of aliphatic hydroxyl groups is 1. The fraction of sp³-hybridized carbons (Fsp3) is 0.385. The Morgan fingerprint density at radius 2 is 1.94 bits per heavy atom. The van der Waals surface area contributed by atoms with E-state index in [9.17, 15) is 23.1 Å². The summed E-state index contributed by atoms with van der Waals surface area (Å²) in [5.74, 6) is 1.35. The van der Waals surface area contributed by atoms with Crippen LogP contribution < -0.4 is 10.9 Å². The Hall–Kier alpha value is -3.35. The van der Waals surface area contributed by atoms with Gasteiger partial charge in [-0.05, 0) is 25.0 Å². The highest BCUT2D eigenvalue weighted by atomic mass is 19.3. The lowest BCUT2D eigenvalue weighted by Gasteiger charge is -2.36. The summed E-state index contributed by atoms with van der Waals surface area (Å²) in [5.41, 5.74) is -1.56. The lowest BCUT2D eigenvalue weighted by atomic mass is 9.83. The molecule has 2 saturated heterocycles. The number of hydrogen-bond donors (Lipinski definition) is 2. The number of nitrogens with zero attached hydrogens (tertiary/aromatic N) is 2. The molecule has 0 spiro atoms. The van der Waals surface area contributed by atoms with E-state index >= 15 is 0 Å². The molecule has 5 rings (SSSR count). The van der Waals surface area contributed by atoms with Crippen molar-refractivity contribution in [3.05, 3.63) is 69.4 Å². The summed E-state index contributed by atoms with van der Waals surface area (Å²) in [7, 11) is 1.56. The maximum absolute atomic E-state index is 14.8. The largest absolute Gasteiger partial charge is 0.385 e. The molecule has 9 heteroatoms. The summed E-state index contributed by atoms with van der Waals surface area (Å²) in [6.07, 6.45) is 6.22. The predicted octanol–water partition coefficient (Wildman–Crippen LogP) is 4.33. The third-order valence-corrected chi connectivity index (χ3v) is 7.01. The number of pyridine rings is 2. The molecule has 1 aromatic carbocycles. The van der Waals surface area contributed by atoms with E-state index < -0.39 is 29.4 Å². The Balaban J connectivity index is 1.60. The number of anilines is 1. The summed E-state index contributed by atoms with van der Waals surface area (Å²) in [5, 5.41) is 15.0. The van der Waals surface area contributed by atoms with Gasteiger partial charge in [0.2, 0.25) is 0 Å². The van der Waals surface area contributed by atoms with Gasteiger partial charge in [-0.3, -0.25) is 9.36 Å². The minimum atomic E-state index is -2.98. The van der Waals surface area contributed by atoms with Gasteiger partial charge in [-0.15, -0.1) is 6.42 Å². The first-order valence-electron chi connectivity index (χ1n) is 11.4. The molecule has 2 aliphatic rings. The van der Waals surface area contributed by atoms with E-state index in [0.29, 0.717) is 29.6 Å². The Bertz CT molecular complexity index is 1390. The van der Waals surface area contributed by atoms with Crippen LogP contribution in [0, 0.1) is 18.2 Å². The van der Waals surface area contributed by atoms with Crippen molar-refractivity contribution < 1.29 is 23.0 Å². The number of aromatic nitrogens is 2. The van der Waals surface area contributed by atoms with Crippen molar-refractivity contribution in [2.75, 3.05) is 5.32 Å². The number of halogens is 3. The fourth-order valence-electron chi connectivity index (χ4n) is 5.28. The molecular weight excluding hydrogens is 459 g/mol. The van der Waals surface area contributed by atoms with Gasteiger partial charge in [0.05, 0.1) is 23.4 Å². The summed E-state index contributed by atoms with van der Waals surface area (Å²) in [6.45, 7) is 0. The molecule has 0 radical (unpaired) electrons. The number of fused-ring (bicyclic) bond motifs is 3. The number of hydrogen-bond acceptors (Lipinski definition) is 5. The zero-order chi connectivity index (χ0) is 24.9. The van der Waals surface area contributed by atoms with Gasteiger partial charge in [0.25, 0.3) is 12.0 Å². The molecule has 2 aromatic heterocycles. The first kappa shape index (κ1) is 23.4. The second kappa shape index (κ2) is 8.70. The second-order valence-corrected chi connectivity index (χ2v) is 9.21. The molecule has 35 heavy (non-hydrogen) atoms. The van der Waals surface area contributed by atoms with E-state index in [1.807, 2.05) is 0 Å². The molecule has 2 bridgehead atoms. The van der Waals surface area contributed by atoms with Crippen LogP contribution in [0.4, 0.5) is 18.9 Å². The normalized spacial score (nSPS) is 24.5. The Morgan fingerprint density at radius 3 is 2.60 bits per heavy atom. The summed E-state index contributed by atoms with van der Waals surface area (Å²) < 4.78 is 48.5. The van der Waals surface area contributed by atoms with Crippen molar-refractivity contribution in [1.82, 2.24) is 9.55 Å². The monoisotopic (exact) mass is 483 g/mol. The smallest absolute Gasteiger partial charge is 0.266 e. The maximum atomic E-state index is 14.8. The molecule has 0 saturated carbocycles. The average molecular weight is 483 g/mol. The van der Waals surface area contributed by atoms with Crippen LogP contribution in [0.25, 0.3) is 11.0 Å². The minimum Gasteiger partial charge on any atom is -0.385 e. The standard InChI is InChI=1S/C26H24F3N3O3/c1-3-20(16-5-4-6-17(22(16)27)23(28)29)31-21-9-10-30-24-18(21)11-19(25(33)32(24)2)26(34)12-14-7-8-15(13-26)35-14/h1,4-6,9-11,14-15,20,23,34H,7-8,12-13H2,2H3,(H,30,31)/t14?,15?,20-,26?/m1/s1. The van der Waals surface area contributed by atoms with Gasteiger partial charge in [0, 0.05) is 48.3 Å². The van der Waals surface area contributed by atoms with Crippen LogP contribution in [-0.2, 0) is 17.4 Å². The molecule has 3 atom stereocenters. The van der Waals surface area contributed by atoms with Crippen LogP contribution in [0.15, 0.2) is 41.3 Å². The molecule has 6 nitrogen and oxygen atoms in total. The van der Waals surface area contributed by atoms with Gasteiger partial charge in [-0.25, -0.2) is 18.2 Å². The topological polar surface area (TPSA) is 76.4 Å². The third-order valence-electron chi connectivity index (χ3n) is 7.01. The molecule has 2 aliphatic heterocycles. The molecular formula is C26H24F3N3O3. The first-order valence-corrected chi connectivity index (χ1v) is 11.4. The zero-order valence-electron chi connectivity index (χ0n) is 19.0. The Labute approximate surface area is 199 Å². The fourth-order valence-corrected chi connectivity index (χ4v) is 5.28. The average Bonchev–Trinajstić information content (AvgIpc) is 3.18. The number of nitrogens with one attached hydrogen (secondary N) is 1. The van der Waals surface area contributed by atoms with Crippen molar-refractivity contribution in [1.29, 1.82) is 0 Å². The molecule has 0 aliphatic carbocycles. The van der Waals surface area contributed by atoms with Gasteiger partial charge in [0.15, 0.2) is 0 Å². The number of terminal acetylenes is 1. The van der Waals surface area contributed by atoms with Crippen LogP contribution in [0.1, 0.15) is 54.8 Å². The van der Waals surface area contributed by atoms with Crippen molar-refractivity contribution in [2.45, 2.75) is 56.0 Å². The van der Waals surface area contributed by atoms with Crippen LogP contribution in [0.5, 0.6) is 0 Å². The first-order chi connectivity index (χ1) is 16.7. The van der Waals surface area contributed by atoms with Crippen LogP contribution in [0.2, 0.25) is 0 Å². The number of aryl methyl sites for hydroxylation is 1. The third kappa shape index (κ3) is 3.97. The van der Waals surface area contributed by atoms with Crippen molar-refractivity contribution in [3.63, 3.8) is 0 Å². The van der Waals surface area contributed by atoms with Gasteiger partial charge >= 0.3 is 0 Å². The van der Waals surface area contributed by atoms with Crippen molar-refractivity contribution in [2.24, 2.45) is 7.05 Å². The van der Waals surface area contributed by atoms with Gasteiger partial charge < -0.3 is 15.2 Å². The Morgan fingerprint density at radius 1 is 1.26 bits per heavy atom. The van der Waals surface area contributed by atoms with E-state index in [0.717, 1.165) is 18.9 Å². The van der Waals surface area contributed by atoms with Crippen molar-refractivity contribution in [3.8, 4) is 12.3 Å². The van der Waals surface area contributed by atoms with E-state index in [1.165, 1.54) is 22.9 Å². The number of alkyl halides is 2. The van der Waals surface area contributed by atoms with E-state index in [4.69, 9.17) is 11.2 Å². The van der Waals surface area contributed by atoms with Gasteiger partial charge in [-0.1, -0.05) is 24.1 Å². The highest BCUT2D eigenvalue weighted by Gasteiger charge is 2.46. The molecule has 2 fully saturated rings. The Kier molecular flexibility index (Phi) is 5.82. The van der Waals surface area contributed by atoms with Gasteiger partial charge in [-0.2, -0.15) is 0 Å². The van der Waals surface area contributed by atoms with Crippen LogP contribution in [-0.4, -0.2) is 26.9 Å². The van der Waals surface area contributed by atoms with E-state index in [-0.39, 0.29) is 28.9 Å². The number of rotatable bonds is 5. The summed E-state index contributed by atoms with van der Waals surface area (Å²) in [6, 6.07) is 5.83. The minimum absolute atomic E-state index is 0.0973. The van der Waals surface area contributed by atoms with E-state index in [2.05, 4.69) is 16.2 Å². The zero-order valence-corrected chi connectivity index (χ0v) is 19.0. The summed E-state index contributed by atoms with van der Waals surface area (Å²) in [4.78, 5) is 17.5. The molecule has 3 aromatic rings. The van der Waals surface area contributed by atoms with Crippen molar-refractivity contribution >= 4 is 16.7 Å². The van der Waals surface area contributed by atoms with Crippen LogP contribution >= 0.6 is 0 Å².